The second-order valence-electron chi connectivity index (χ2n) is 3.97. The molecule has 1 nitrogen and oxygen atoms in total. The number of benzene rings is 1. The molecule has 0 aliphatic rings. The van der Waals surface area contributed by atoms with Crippen LogP contribution in [0.25, 0.3) is 0 Å². The Balaban J connectivity index is 2.81. The average molecular weight is 256 g/mol. The van der Waals surface area contributed by atoms with Crippen LogP contribution in [0, 0.1) is 5.82 Å². The van der Waals surface area contributed by atoms with Crippen molar-refractivity contribution in [1.82, 2.24) is 5.32 Å². The van der Waals surface area contributed by atoms with Gasteiger partial charge in [-0.3, -0.25) is 0 Å². The lowest BCUT2D eigenvalue weighted by atomic mass is 10.0. The number of unbranched alkanes of at least 4 members (excludes halogenated alkanes) is 1. The Kier molecular flexibility index (Phi) is 6.23. The predicted octanol–water partition coefficient (Wildman–Crippen LogP) is 4.49. The molecule has 3 heteroatoms. The number of allylic oxidation sites excluding steroid dienone is 1. The van der Waals surface area contributed by atoms with Crippen molar-refractivity contribution in [2.24, 2.45) is 0 Å². The molecule has 0 amide bonds. The molecule has 1 aromatic rings. The minimum absolute atomic E-state index is 0.114. The van der Waals surface area contributed by atoms with Gasteiger partial charge < -0.3 is 5.32 Å². The fourth-order valence-electron chi connectivity index (χ4n) is 1.87. The molecule has 1 aromatic carbocycles. The van der Waals surface area contributed by atoms with Crippen molar-refractivity contribution < 1.29 is 4.39 Å². The van der Waals surface area contributed by atoms with E-state index >= 15 is 0 Å². The second-order valence-corrected chi connectivity index (χ2v) is 4.35. The molecule has 0 bridgehead atoms. The van der Waals surface area contributed by atoms with Crippen LogP contribution in [0.15, 0.2) is 30.9 Å². The van der Waals surface area contributed by atoms with Crippen LogP contribution in [-0.4, -0.2) is 6.54 Å². The molecule has 0 spiro atoms. The van der Waals surface area contributed by atoms with Crippen molar-refractivity contribution >= 4 is 11.6 Å². The third-order valence-electron chi connectivity index (χ3n) is 2.71. The zero-order chi connectivity index (χ0) is 12.7. The lowest BCUT2D eigenvalue weighted by molar-refractivity contribution is 0.497. The van der Waals surface area contributed by atoms with Gasteiger partial charge >= 0.3 is 0 Å². The molecule has 0 heterocycles. The van der Waals surface area contributed by atoms with Crippen molar-refractivity contribution in [2.75, 3.05) is 6.54 Å². The first-order chi connectivity index (χ1) is 8.20. The monoisotopic (exact) mass is 255 g/mol. The van der Waals surface area contributed by atoms with E-state index in [0.717, 1.165) is 31.4 Å². The van der Waals surface area contributed by atoms with Gasteiger partial charge in [-0.25, -0.2) is 4.39 Å². The van der Waals surface area contributed by atoms with E-state index in [-0.39, 0.29) is 16.9 Å². The minimum Gasteiger partial charge on any atom is -0.310 e. The lowest BCUT2D eigenvalue weighted by Crippen LogP contribution is -2.21. The Morgan fingerprint density at radius 3 is 2.94 bits per heavy atom. The highest BCUT2D eigenvalue weighted by molar-refractivity contribution is 6.31. The quantitative estimate of drug-likeness (QED) is 0.559. The topological polar surface area (TPSA) is 12.0 Å². The van der Waals surface area contributed by atoms with E-state index in [2.05, 4.69) is 11.9 Å². The molecule has 17 heavy (non-hydrogen) atoms. The highest BCUT2D eigenvalue weighted by atomic mass is 35.5. The van der Waals surface area contributed by atoms with Gasteiger partial charge in [-0.05, 0) is 37.4 Å². The van der Waals surface area contributed by atoms with Gasteiger partial charge in [0.1, 0.15) is 5.82 Å². The maximum Gasteiger partial charge on any atom is 0.142 e. The molecular formula is C14H19ClFN. The molecule has 0 aromatic heterocycles. The first-order valence-electron chi connectivity index (χ1n) is 5.98. The standard InChI is InChI=1S/C14H19ClFN/c1-3-5-6-10-13(17-4-2)11-8-7-9-12(16)14(11)15/h3,7-9,13,17H,1,4-6,10H2,2H3. The van der Waals surface area contributed by atoms with Crippen molar-refractivity contribution in [2.45, 2.75) is 32.2 Å². The fourth-order valence-corrected chi connectivity index (χ4v) is 2.13. The Labute approximate surface area is 108 Å². The third-order valence-corrected chi connectivity index (χ3v) is 3.11. The van der Waals surface area contributed by atoms with Crippen LogP contribution in [0.1, 0.15) is 37.8 Å². The first kappa shape index (κ1) is 14.2. The summed E-state index contributed by atoms with van der Waals surface area (Å²) in [5.41, 5.74) is 0.845. The molecule has 0 radical (unpaired) electrons. The van der Waals surface area contributed by atoms with Crippen molar-refractivity contribution in [3.8, 4) is 0 Å². The molecule has 1 atom stereocenters. The highest BCUT2D eigenvalue weighted by Crippen LogP contribution is 2.28. The largest absolute Gasteiger partial charge is 0.310 e. The van der Waals surface area contributed by atoms with Gasteiger partial charge in [-0.1, -0.05) is 36.7 Å². The van der Waals surface area contributed by atoms with E-state index in [9.17, 15) is 4.39 Å². The summed E-state index contributed by atoms with van der Waals surface area (Å²) in [7, 11) is 0. The van der Waals surface area contributed by atoms with Crippen LogP contribution in [0.4, 0.5) is 4.39 Å². The summed E-state index contributed by atoms with van der Waals surface area (Å²) in [5.74, 6) is -0.351. The Morgan fingerprint density at radius 1 is 1.53 bits per heavy atom. The van der Waals surface area contributed by atoms with E-state index in [1.807, 2.05) is 19.1 Å². The van der Waals surface area contributed by atoms with Crippen molar-refractivity contribution in [1.29, 1.82) is 0 Å². The van der Waals surface area contributed by atoms with Crippen molar-refractivity contribution in [3.05, 3.63) is 47.3 Å². The average Bonchev–Trinajstić information content (AvgIpc) is 2.32. The molecule has 1 rings (SSSR count). The van der Waals surface area contributed by atoms with E-state index in [1.54, 1.807) is 6.07 Å². The number of nitrogens with one attached hydrogen (secondary N) is 1. The molecule has 0 aliphatic carbocycles. The highest BCUT2D eigenvalue weighted by Gasteiger charge is 2.15. The summed E-state index contributed by atoms with van der Waals surface area (Å²) in [6.45, 7) is 6.58. The van der Waals surface area contributed by atoms with Gasteiger partial charge in [0.2, 0.25) is 0 Å². The number of rotatable bonds is 7. The third kappa shape index (κ3) is 4.14. The Hall–Kier alpha value is -0.860. The smallest absolute Gasteiger partial charge is 0.142 e. The summed E-state index contributed by atoms with van der Waals surface area (Å²) in [4.78, 5) is 0. The molecule has 1 unspecified atom stereocenters. The van der Waals surface area contributed by atoms with Crippen LogP contribution in [-0.2, 0) is 0 Å². The molecule has 0 saturated carbocycles. The molecular weight excluding hydrogens is 237 g/mol. The maximum atomic E-state index is 13.4. The lowest BCUT2D eigenvalue weighted by Gasteiger charge is -2.19. The van der Waals surface area contributed by atoms with E-state index in [0.29, 0.717) is 0 Å². The Morgan fingerprint density at radius 2 is 2.29 bits per heavy atom. The predicted molar refractivity (Wildman–Crippen MR) is 71.9 cm³/mol. The molecule has 0 fully saturated rings. The van der Waals surface area contributed by atoms with Gasteiger partial charge in [-0.15, -0.1) is 6.58 Å². The van der Waals surface area contributed by atoms with Crippen molar-refractivity contribution in [3.63, 3.8) is 0 Å². The van der Waals surface area contributed by atoms with E-state index in [1.165, 1.54) is 6.07 Å². The zero-order valence-electron chi connectivity index (χ0n) is 10.2. The number of halogens is 2. The van der Waals surface area contributed by atoms with Gasteiger partial charge in [0.25, 0.3) is 0 Å². The van der Waals surface area contributed by atoms with Gasteiger partial charge in [0.05, 0.1) is 5.02 Å². The molecule has 1 N–H and O–H groups in total. The minimum atomic E-state index is -0.351. The van der Waals surface area contributed by atoms with Crippen LogP contribution < -0.4 is 5.32 Å². The summed E-state index contributed by atoms with van der Waals surface area (Å²) in [6, 6.07) is 5.09. The molecule has 94 valence electrons. The van der Waals surface area contributed by atoms with Crippen LogP contribution in [0.2, 0.25) is 5.02 Å². The Bertz CT molecular complexity index is 365. The van der Waals surface area contributed by atoms with Gasteiger partial charge in [0.15, 0.2) is 0 Å². The number of hydrogen-bond acceptors (Lipinski definition) is 1. The van der Waals surface area contributed by atoms with Crippen LogP contribution in [0.3, 0.4) is 0 Å². The summed E-state index contributed by atoms with van der Waals surface area (Å²) in [6.07, 6.45) is 4.82. The van der Waals surface area contributed by atoms with Crippen LogP contribution >= 0.6 is 11.6 Å². The van der Waals surface area contributed by atoms with E-state index in [4.69, 9.17) is 11.6 Å². The normalized spacial score (nSPS) is 12.4. The SMILES string of the molecule is C=CCCCC(NCC)c1cccc(F)c1Cl. The summed E-state index contributed by atoms with van der Waals surface area (Å²) < 4.78 is 13.4. The summed E-state index contributed by atoms with van der Waals surface area (Å²) >= 11 is 6.00. The molecule has 0 aliphatic heterocycles. The summed E-state index contributed by atoms with van der Waals surface area (Å²) in [5, 5.41) is 3.57. The maximum absolute atomic E-state index is 13.4. The fraction of sp³-hybridized carbons (Fsp3) is 0.429. The number of hydrogen-bond donors (Lipinski definition) is 1. The van der Waals surface area contributed by atoms with E-state index < -0.39 is 0 Å². The zero-order valence-corrected chi connectivity index (χ0v) is 10.9. The van der Waals surface area contributed by atoms with Gasteiger partial charge in [-0.2, -0.15) is 0 Å². The van der Waals surface area contributed by atoms with Gasteiger partial charge in [0, 0.05) is 6.04 Å². The van der Waals surface area contributed by atoms with Crippen LogP contribution in [0.5, 0.6) is 0 Å². The first-order valence-corrected chi connectivity index (χ1v) is 6.36. The second kappa shape index (κ2) is 7.46. The molecule has 0 saturated heterocycles.